The molecule has 0 atom stereocenters. The Hall–Kier alpha value is -5.86. The molecule has 0 saturated heterocycles. The maximum atomic E-state index is 6.95. The van der Waals surface area contributed by atoms with Crippen molar-refractivity contribution in [2.75, 3.05) is 4.90 Å². The van der Waals surface area contributed by atoms with Gasteiger partial charge in [-0.05, 0) is 115 Å². The fourth-order valence-corrected chi connectivity index (χ4v) is 10.8. The molecule has 0 N–H and O–H groups in total. The summed E-state index contributed by atoms with van der Waals surface area (Å²) in [7, 11) is 0. The van der Waals surface area contributed by atoms with Crippen molar-refractivity contribution in [3.63, 3.8) is 0 Å². The van der Waals surface area contributed by atoms with E-state index in [2.05, 4.69) is 201 Å². The van der Waals surface area contributed by atoms with Gasteiger partial charge in [0.05, 0.1) is 0 Å². The zero-order valence-electron chi connectivity index (χ0n) is 34.6. The summed E-state index contributed by atoms with van der Waals surface area (Å²) in [5.74, 6) is 0. The second-order valence-electron chi connectivity index (χ2n) is 19.4. The summed E-state index contributed by atoms with van der Waals surface area (Å²) in [5, 5.41) is 2.35. The van der Waals surface area contributed by atoms with Gasteiger partial charge in [-0.3, -0.25) is 0 Å². The molecule has 0 amide bonds. The minimum Gasteiger partial charge on any atom is -0.455 e. The van der Waals surface area contributed by atoms with E-state index in [1.165, 1.54) is 83.1 Å². The van der Waals surface area contributed by atoms with Crippen LogP contribution in [0.1, 0.15) is 101 Å². The smallest absolute Gasteiger partial charge is 0.143 e. The van der Waals surface area contributed by atoms with Gasteiger partial charge in [-0.15, -0.1) is 0 Å². The van der Waals surface area contributed by atoms with Gasteiger partial charge in [-0.1, -0.05) is 153 Å². The lowest BCUT2D eigenvalue weighted by molar-refractivity contribution is 0.587. The summed E-state index contributed by atoms with van der Waals surface area (Å²) in [4.78, 5) is 2.50. The van der Waals surface area contributed by atoms with Crippen molar-refractivity contribution in [2.24, 2.45) is 0 Å². The van der Waals surface area contributed by atoms with Crippen LogP contribution in [0.25, 0.3) is 55.3 Å². The van der Waals surface area contributed by atoms with Crippen LogP contribution in [-0.2, 0) is 21.7 Å². The van der Waals surface area contributed by atoms with E-state index in [9.17, 15) is 0 Å². The summed E-state index contributed by atoms with van der Waals surface area (Å²) in [6, 6.07) is 50.7. The maximum Gasteiger partial charge on any atom is 0.143 e. The van der Waals surface area contributed by atoms with Crippen LogP contribution in [0.2, 0.25) is 0 Å². The third-order valence-corrected chi connectivity index (χ3v) is 14.0. The van der Waals surface area contributed by atoms with Crippen LogP contribution in [0.3, 0.4) is 0 Å². The van der Waals surface area contributed by atoms with Crippen molar-refractivity contribution in [1.82, 2.24) is 0 Å². The second kappa shape index (κ2) is 11.2. The molecule has 0 bridgehead atoms. The largest absolute Gasteiger partial charge is 0.455 e. The molecule has 3 aliphatic carbocycles. The Labute approximate surface area is 336 Å². The van der Waals surface area contributed by atoms with Crippen molar-refractivity contribution >= 4 is 39.0 Å². The Morgan fingerprint density at radius 3 is 1.49 bits per heavy atom. The highest BCUT2D eigenvalue weighted by molar-refractivity contribution is 6.12. The molecule has 11 rings (SSSR count). The van der Waals surface area contributed by atoms with Gasteiger partial charge in [-0.2, -0.15) is 0 Å². The Balaban J connectivity index is 1.14. The molecule has 8 aromatic rings. The third-order valence-electron chi connectivity index (χ3n) is 14.0. The van der Waals surface area contributed by atoms with Gasteiger partial charge >= 0.3 is 0 Å². The highest BCUT2D eigenvalue weighted by Gasteiger charge is 2.40. The molecule has 0 saturated carbocycles. The van der Waals surface area contributed by atoms with Crippen LogP contribution in [0.4, 0.5) is 17.1 Å². The fraction of sp³-hybridized carbons (Fsp3) is 0.236. The number of anilines is 3. The van der Waals surface area contributed by atoms with E-state index < -0.39 is 0 Å². The predicted octanol–water partition coefficient (Wildman–Crippen LogP) is 15.3. The number of rotatable bonds is 3. The topological polar surface area (TPSA) is 16.4 Å². The summed E-state index contributed by atoms with van der Waals surface area (Å²) in [5.41, 5.74) is 22.3. The minimum atomic E-state index is -0.176. The molecule has 2 heteroatoms. The van der Waals surface area contributed by atoms with Gasteiger partial charge in [0.2, 0.25) is 0 Å². The second-order valence-corrected chi connectivity index (χ2v) is 19.4. The molecular formula is C55H49NO. The minimum absolute atomic E-state index is 0.0349. The summed E-state index contributed by atoms with van der Waals surface area (Å²) in [6.07, 6.45) is 0. The standard InChI is InChI=1S/C55H49NO/c1-52(2,3)32-18-22-40-41-25-27-46-50(51(41)57-49(40)28-32)42-29-33(21-26-45(42)53(46,4)5)56(34-19-23-38-36-14-10-12-16-43(36)54(6,7)47(38)30-34)35-20-24-39-37-15-11-13-17-44(37)55(8,9)48(39)31-35/h10-31H,1-9H3. The number of hydrogen-bond donors (Lipinski definition) is 0. The van der Waals surface area contributed by atoms with Crippen molar-refractivity contribution < 1.29 is 4.42 Å². The molecular weight excluding hydrogens is 691 g/mol. The van der Waals surface area contributed by atoms with Gasteiger partial charge in [-0.25, -0.2) is 0 Å². The molecule has 7 aromatic carbocycles. The van der Waals surface area contributed by atoms with Crippen LogP contribution in [-0.4, -0.2) is 0 Å². The van der Waals surface area contributed by atoms with Gasteiger partial charge < -0.3 is 9.32 Å². The average Bonchev–Trinajstić information content (AvgIpc) is 3.83. The average molecular weight is 740 g/mol. The highest BCUT2D eigenvalue weighted by Crippen LogP contribution is 2.56. The predicted molar refractivity (Wildman–Crippen MR) is 240 cm³/mol. The number of fused-ring (bicyclic) bond motifs is 13. The van der Waals surface area contributed by atoms with Gasteiger partial charge in [0.15, 0.2) is 0 Å². The van der Waals surface area contributed by atoms with Gasteiger partial charge in [0.1, 0.15) is 11.2 Å². The molecule has 57 heavy (non-hydrogen) atoms. The lowest BCUT2D eigenvalue weighted by Crippen LogP contribution is -2.18. The number of furan rings is 1. The first-order valence-corrected chi connectivity index (χ1v) is 20.6. The Bertz CT molecular complexity index is 2930. The molecule has 3 aliphatic rings. The van der Waals surface area contributed by atoms with Gasteiger partial charge in [0, 0.05) is 49.6 Å². The van der Waals surface area contributed by atoms with Crippen LogP contribution >= 0.6 is 0 Å². The zero-order chi connectivity index (χ0) is 39.4. The third kappa shape index (κ3) is 4.59. The molecule has 1 aromatic heterocycles. The van der Waals surface area contributed by atoms with Crippen LogP contribution in [0.15, 0.2) is 138 Å². The van der Waals surface area contributed by atoms with Crippen LogP contribution < -0.4 is 4.90 Å². The summed E-state index contributed by atoms with van der Waals surface area (Å²) >= 11 is 0. The van der Waals surface area contributed by atoms with E-state index >= 15 is 0 Å². The first-order valence-electron chi connectivity index (χ1n) is 20.6. The van der Waals surface area contributed by atoms with Crippen molar-refractivity contribution in [2.45, 2.75) is 84.0 Å². The van der Waals surface area contributed by atoms with E-state index in [0.29, 0.717) is 0 Å². The van der Waals surface area contributed by atoms with Crippen LogP contribution in [0.5, 0.6) is 0 Å². The molecule has 280 valence electrons. The molecule has 0 radical (unpaired) electrons. The first kappa shape index (κ1) is 34.4. The highest BCUT2D eigenvalue weighted by atomic mass is 16.3. The normalized spacial score (nSPS) is 16.2. The fourth-order valence-electron chi connectivity index (χ4n) is 10.8. The lowest BCUT2D eigenvalue weighted by atomic mass is 9.82. The summed E-state index contributed by atoms with van der Waals surface area (Å²) in [6.45, 7) is 21.0. The van der Waals surface area contributed by atoms with Crippen molar-refractivity contribution in [3.05, 3.63) is 172 Å². The SMILES string of the molecule is CC(C)(C)c1ccc2c(c1)oc1c3c(ccc12)C(C)(C)c1ccc(N(c2ccc4c(c2)C(C)(C)c2ccccc2-4)c2ccc4c(c2)C(C)(C)c2ccccc2-4)cc1-3. The quantitative estimate of drug-likeness (QED) is 0.179. The Kier molecular flexibility index (Phi) is 6.74. The molecule has 1 heterocycles. The molecule has 0 spiro atoms. The number of hydrogen-bond acceptors (Lipinski definition) is 2. The van der Waals surface area contributed by atoms with Gasteiger partial charge in [0.25, 0.3) is 0 Å². The van der Waals surface area contributed by atoms with Crippen molar-refractivity contribution in [1.29, 1.82) is 0 Å². The van der Waals surface area contributed by atoms with E-state index in [0.717, 1.165) is 28.2 Å². The van der Waals surface area contributed by atoms with Crippen LogP contribution in [0, 0.1) is 0 Å². The molecule has 0 aliphatic heterocycles. The van der Waals surface area contributed by atoms with E-state index in [1.54, 1.807) is 0 Å². The Morgan fingerprint density at radius 1 is 0.421 bits per heavy atom. The molecule has 0 unspecified atom stereocenters. The maximum absolute atomic E-state index is 6.95. The monoisotopic (exact) mass is 739 g/mol. The lowest BCUT2D eigenvalue weighted by Gasteiger charge is -2.30. The van der Waals surface area contributed by atoms with E-state index in [-0.39, 0.29) is 21.7 Å². The zero-order valence-corrected chi connectivity index (χ0v) is 34.6. The number of benzene rings is 7. The van der Waals surface area contributed by atoms with Crippen molar-refractivity contribution in [3.8, 4) is 33.4 Å². The first-order chi connectivity index (χ1) is 27.2. The van der Waals surface area contributed by atoms with E-state index in [4.69, 9.17) is 4.42 Å². The Morgan fingerprint density at radius 2 is 0.895 bits per heavy atom. The van der Waals surface area contributed by atoms with E-state index in [1.807, 2.05) is 0 Å². The summed E-state index contributed by atoms with van der Waals surface area (Å²) < 4.78 is 6.95. The number of nitrogens with zero attached hydrogens (tertiary/aromatic N) is 1. The molecule has 0 fully saturated rings. The molecule has 2 nitrogen and oxygen atoms in total.